The number of rotatable bonds is 2. The van der Waals surface area contributed by atoms with E-state index in [4.69, 9.17) is 9.84 Å². The van der Waals surface area contributed by atoms with E-state index in [1.54, 1.807) is 5.32 Å². The third-order valence-corrected chi connectivity index (χ3v) is 3.55. The van der Waals surface area contributed by atoms with Crippen molar-refractivity contribution in [2.75, 3.05) is 13.2 Å². The van der Waals surface area contributed by atoms with Crippen LogP contribution in [0.4, 0.5) is 18.0 Å². The minimum absolute atomic E-state index is 0.536. The number of carbonyl (C=O) groups is 1. The number of nitrogens with zero attached hydrogens (tertiary/aromatic N) is 1. The van der Waals surface area contributed by atoms with Gasteiger partial charge in [-0.3, -0.25) is 4.90 Å². The SMILES string of the molecule is O=C1NC(O)C(C(F)(F)F)CN1[C@@H]1O[C@H](CO)[C@@H](O)[C@@H]1O. The van der Waals surface area contributed by atoms with Crippen molar-refractivity contribution in [3.63, 3.8) is 0 Å². The van der Waals surface area contributed by atoms with Crippen LogP contribution in [-0.4, -0.2) is 81.5 Å². The second kappa shape index (κ2) is 5.57. The van der Waals surface area contributed by atoms with Crippen LogP contribution in [0.1, 0.15) is 0 Å². The van der Waals surface area contributed by atoms with E-state index >= 15 is 0 Å². The Balaban J connectivity index is 2.17. The Morgan fingerprint density at radius 2 is 1.90 bits per heavy atom. The molecule has 8 nitrogen and oxygen atoms in total. The van der Waals surface area contributed by atoms with Gasteiger partial charge in [0, 0.05) is 6.54 Å². The first-order valence-electron chi connectivity index (χ1n) is 6.11. The van der Waals surface area contributed by atoms with E-state index in [-0.39, 0.29) is 0 Å². The summed E-state index contributed by atoms with van der Waals surface area (Å²) in [7, 11) is 0. The van der Waals surface area contributed by atoms with Gasteiger partial charge >= 0.3 is 12.2 Å². The minimum atomic E-state index is -4.77. The smallest absolute Gasteiger partial charge is 0.394 e. The molecule has 2 rings (SSSR count). The molecule has 2 amide bonds. The summed E-state index contributed by atoms with van der Waals surface area (Å²) in [6, 6.07) is -1.07. The Kier molecular flexibility index (Phi) is 4.31. The molecule has 0 saturated carbocycles. The number of aliphatic hydroxyl groups is 4. The molecule has 5 N–H and O–H groups in total. The lowest BCUT2D eigenvalue weighted by molar-refractivity contribution is -0.219. The average Bonchev–Trinajstić information content (AvgIpc) is 2.65. The van der Waals surface area contributed by atoms with Crippen molar-refractivity contribution in [2.45, 2.75) is 36.9 Å². The van der Waals surface area contributed by atoms with Gasteiger partial charge in [0.1, 0.15) is 30.5 Å². The van der Waals surface area contributed by atoms with Gasteiger partial charge in [0.15, 0.2) is 6.23 Å². The van der Waals surface area contributed by atoms with E-state index in [1.807, 2.05) is 0 Å². The molecule has 0 aliphatic carbocycles. The first-order valence-corrected chi connectivity index (χ1v) is 6.11. The van der Waals surface area contributed by atoms with Gasteiger partial charge in [-0.15, -0.1) is 0 Å². The molecule has 122 valence electrons. The van der Waals surface area contributed by atoms with Crippen LogP contribution < -0.4 is 5.32 Å². The van der Waals surface area contributed by atoms with Crippen LogP contribution in [0.5, 0.6) is 0 Å². The molecule has 2 heterocycles. The summed E-state index contributed by atoms with van der Waals surface area (Å²) in [4.78, 5) is 12.2. The van der Waals surface area contributed by atoms with Crippen LogP contribution >= 0.6 is 0 Å². The van der Waals surface area contributed by atoms with Gasteiger partial charge in [-0.25, -0.2) is 4.79 Å². The Morgan fingerprint density at radius 1 is 1.29 bits per heavy atom. The summed E-state index contributed by atoms with van der Waals surface area (Å²) in [5, 5.41) is 39.2. The van der Waals surface area contributed by atoms with Crippen molar-refractivity contribution in [1.29, 1.82) is 0 Å². The van der Waals surface area contributed by atoms with E-state index in [9.17, 15) is 33.3 Å². The number of halogens is 3. The highest BCUT2D eigenvalue weighted by atomic mass is 19.4. The number of urea groups is 1. The molecule has 6 atom stereocenters. The summed E-state index contributed by atoms with van der Waals surface area (Å²) in [5.41, 5.74) is 0. The number of nitrogens with one attached hydrogen (secondary N) is 1. The van der Waals surface area contributed by atoms with Gasteiger partial charge in [0.2, 0.25) is 0 Å². The van der Waals surface area contributed by atoms with E-state index in [0.29, 0.717) is 4.90 Å². The minimum Gasteiger partial charge on any atom is -0.394 e. The standard InChI is InChI=1S/C10H15F3N2O6/c11-10(12,13)3-1-15(9(20)14-7(3)19)8-6(18)5(17)4(2-16)21-8/h3-8,16-19H,1-2H2,(H,14,20)/t3?,4-,5-,6+,7?,8-/m1/s1. The van der Waals surface area contributed by atoms with E-state index < -0.39 is 62.0 Å². The monoisotopic (exact) mass is 316 g/mol. The fourth-order valence-electron chi connectivity index (χ4n) is 2.34. The van der Waals surface area contributed by atoms with Gasteiger partial charge in [-0.05, 0) is 0 Å². The number of alkyl halides is 3. The highest BCUT2D eigenvalue weighted by Gasteiger charge is 2.54. The third-order valence-electron chi connectivity index (χ3n) is 3.55. The lowest BCUT2D eigenvalue weighted by Crippen LogP contribution is -2.64. The maximum Gasteiger partial charge on any atom is 0.397 e. The molecule has 2 saturated heterocycles. The number of ether oxygens (including phenoxy) is 1. The molecule has 0 aromatic rings. The molecular formula is C10H15F3N2O6. The van der Waals surface area contributed by atoms with Crippen molar-refractivity contribution >= 4 is 6.03 Å². The van der Waals surface area contributed by atoms with E-state index in [0.717, 1.165) is 0 Å². The molecule has 2 aliphatic heterocycles. The molecular weight excluding hydrogens is 301 g/mol. The summed E-state index contributed by atoms with van der Waals surface area (Å²) >= 11 is 0. The van der Waals surface area contributed by atoms with Crippen LogP contribution in [-0.2, 0) is 4.74 Å². The zero-order valence-electron chi connectivity index (χ0n) is 10.6. The number of aliphatic hydroxyl groups excluding tert-OH is 4. The Morgan fingerprint density at radius 3 is 2.38 bits per heavy atom. The molecule has 0 radical (unpaired) electrons. The fraction of sp³-hybridized carbons (Fsp3) is 0.900. The third kappa shape index (κ3) is 2.92. The summed E-state index contributed by atoms with van der Waals surface area (Å²) in [6.45, 7) is -1.61. The maximum absolute atomic E-state index is 12.8. The number of hydrogen-bond donors (Lipinski definition) is 5. The lowest BCUT2D eigenvalue weighted by atomic mass is 10.0. The van der Waals surface area contributed by atoms with Crippen molar-refractivity contribution in [1.82, 2.24) is 10.2 Å². The van der Waals surface area contributed by atoms with Crippen molar-refractivity contribution in [2.24, 2.45) is 5.92 Å². The first kappa shape index (κ1) is 16.2. The van der Waals surface area contributed by atoms with Crippen molar-refractivity contribution < 1.29 is 43.1 Å². The maximum atomic E-state index is 12.8. The van der Waals surface area contributed by atoms with E-state index in [1.165, 1.54) is 0 Å². The average molecular weight is 316 g/mol. The highest BCUT2D eigenvalue weighted by molar-refractivity contribution is 5.75. The van der Waals surface area contributed by atoms with Gasteiger partial charge in [0.05, 0.1) is 6.61 Å². The zero-order chi connectivity index (χ0) is 15.9. The van der Waals surface area contributed by atoms with Crippen molar-refractivity contribution in [3.8, 4) is 0 Å². The Hall–Kier alpha value is -1.14. The van der Waals surface area contributed by atoms with Gasteiger partial charge < -0.3 is 30.5 Å². The quantitative estimate of drug-likeness (QED) is 0.400. The molecule has 21 heavy (non-hydrogen) atoms. The van der Waals surface area contributed by atoms with Crippen LogP contribution in [0.2, 0.25) is 0 Å². The number of hydrogen-bond acceptors (Lipinski definition) is 6. The van der Waals surface area contributed by atoms with Gasteiger partial charge in [-0.2, -0.15) is 13.2 Å². The second-order valence-corrected chi connectivity index (χ2v) is 4.92. The molecule has 2 aliphatic rings. The first-order chi connectivity index (χ1) is 9.66. The van der Waals surface area contributed by atoms with E-state index in [2.05, 4.69) is 0 Å². The van der Waals surface area contributed by atoms with Crippen LogP contribution in [0.25, 0.3) is 0 Å². The predicted molar refractivity (Wildman–Crippen MR) is 58.5 cm³/mol. The zero-order valence-corrected chi connectivity index (χ0v) is 10.6. The molecule has 2 fully saturated rings. The summed E-state index contributed by atoms with van der Waals surface area (Å²) in [6.07, 6.45) is -12.8. The van der Waals surface area contributed by atoms with Gasteiger partial charge in [-0.1, -0.05) is 0 Å². The Labute approximate surface area is 116 Å². The topological polar surface area (TPSA) is 122 Å². The van der Waals surface area contributed by atoms with Crippen molar-refractivity contribution in [3.05, 3.63) is 0 Å². The Bertz CT molecular complexity index is 409. The molecule has 0 spiro atoms. The molecule has 2 unspecified atom stereocenters. The summed E-state index contributed by atoms with van der Waals surface area (Å²) in [5.74, 6) is -2.27. The normalized spacial score (nSPS) is 41.3. The molecule has 0 aromatic heterocycles. The largest absolute Gasteiger partial charge is 0.397 e. The molecule has 0 aromatic carbocycles. The molecule has 11 heteroatoms. The predicted octanol–water partition coefficient (Wildman–Crippen LogP) is -2.05. The number of carbonyl (C=O) groups excluding carboxylic acids is 1. The van der Waals surface area contributed by atoms with Gasteiger partial charge in [0.25, 0.3) is 0 Å². The molecule has 0 bridgehead atoms. The van der Waals surface area contributed by atoms with Crippen LogP contribution in [0, 0.1) is 5.92 Å². The number of amides is 2. The lowest BCUT2D eigenvalue weighted by Gasteiger charge is -2.40. The highest BCUT2D eigenvalue weighted by Crippen LogP contribution is 2.34. The second-order valence-electron chi connectivity index (χ2n) is 4.92. The van der Waals surface area contributed by atoms with Crippen LogP contribution in [0.3, 0.4) is 0 Å². The fourth-order valence-corrected chi connectivity index (χ4v) is 2.34. The van der Waals surface area contributed by atoms with Crippen LogP contribution in [0.15, 0.2) is 0 Å². The summed E-state index contributed by atoms with van der Waals surface area (Å²) < 4.78 is 43.3.